The number of nitriles is 1. The zero-order valence-corrected chi connectivity index (χ0v) is 18.0. The quantitative estimate of drug-likeness (QED) is 0.480. The molecule has 1 aromatic heterocycles. The van der Waals surface area contributed by atoms with Crippen LogP contribution in [0.15, 0.2) is 24.3 Å². The lowest BCUT2D eigenvalue weighted by atomic mass is 10.1. The predicted molar refractivity (Wildman–Crippen MR) is 113 cm³/mol. The van der Waals surface area contributed by atoms with Gasteiger partial charge in [0.2, 0.25) is 5.88 Å². The van der Waals surface area contributed by atoms with E-state index in [1.54, 1.807) is 45.0 Å². The maximum absolute atomic E-state index is 12.7. The summed E-state index contributed by atoms with van der Waals surface area (Å²) < 4.78 is 10.8. The molecule has 10 nitrogen and oxygen atoms in total. The van der Waals surface area contributed by atoms with Crippen LogP contribution in [-0.2, 0) is 9.57 Å². The van der Waals surface area contributed by atoms with E-state index < -0.39 is 17.6 Å². The second-order valence-corrected chi connectivity index (χ2v) is 7.36. The Morgan fingerprint density at radius 3 is 2.77 bits per heavy atom. The molecule has 4 N–H and O–H groups in total. The summed E-state index contributed by atoms with van der Waals surface area (Å²) in [5.74, 6) is -0.777. The van der Waals surface area contributed by atoms with Crippen molar-refractivity contribution in [2.45, 2.75) is 38.9 Å². The molecule has 0 aliphatic carbocycles. The number of methoxy groups -OCH3 is 1. The van der Waals surface area contributed by atoms with Crippen LogP contribution in [0, 0.1) is 11.3 Å². The third-order valence-electron chi connectivity index (χ3n) is 4.40. The van der Waals surface area contributed by atoms with Crippen molar-refractivity contribution in [1.29, 1.82) is 5.26 Å². The number of nitrogens with zero attached hydrogens (tertiary/aromatic N) is 3. The van der Waals surface area contributed by atoms with Crippen molar-refractivity contribution < 1.29 is 24.2 Å². The molecule has 0 aliphatic rings. The van der Waals surface area contributed by atoms with Crippen molar-refractivity contribution in [1.82, 2.24) is 15.4 Å². The van der Waals surface area contributed by atoms with Crippen LogP contribution in [-0.4, -0.2) is 53.0 Å². The maximum atomic E-state index is 12.7. The second-order valence-electron chi connectivity index (χ2n) is 7.36. The molecule has 1 atom stereocenters. The number of anilines is 1. The van der Waals surface area contributed by atoms with Gasteiger partial charge in [0.15, 0.2) is 5.82 Å². The Bertz CT molecular complexity index is 958. The molecule has 1 amide bonds. The van der Waals surface area contributed by atoms with Gasteiger partial charge in [-0.3, -0.25) is 9.63 Å². The van der Waals surface area contributed by atoms with Crippen LogP contribution in [0.1, 0.15) is 43.1 Å². The van der Waals surface area contributed by atoms with Gasteiger partial charge in [0, 0.05) is 12.7 Å². The first-order valence-electron chi connectivity index (χ1n) is 9.67. The summed E-state index contributed by atoms with van der Waals surface area (Å²) in [7, 11) is 1.53. The van der Waals surface area contributed by atoms with E-state index in [2.05, 4.69) is 15.4 Å². The predicted octanol–water partition coefficient (Wildman–Crippen LogP) is 1.83. The molecule has 1 heterocycles. The number of carbonyl (C=O) groups is 1. The summed E-state index contributed by atoms with van der Waals surface area (Å²) in [5, 5.41) is 19.0. The highest BCUT2D eigenvalue weighted by atomic mass is 16.7. The lowest BCUT2D eigenvalue weighted by molar-refractivity contribution is -0.0740. The highest BCUT2D eigenvalue weighted by Crippen LogP contribution is 2.26. The number of aromatic nitrogens is 2. The van der Waals surface area contributed by atoms with Crippen molar-refractivity contribution >= 4 is 11.7 Å². The zero-order chi connectivity index (χ0) is 23.0. The van der Waals surface area contributed by atoms with Crippen LogP contribution in [0.5, 0.6) is 5.88 Å². The number of aliphatic hydroxyl groups excluding tert-OH is 1. The number of carbonyl (C=O) groups excluding carboxylic acids is 1. The number of hydroxylamine groups is 1. The number of nitrogens with one attached hydrogen (secondary N) is 1. The molecule has 31 heavy (non-hydrogen) atoms. The van der Waals surface area contributed by atoms with Crippen molar-refractivity contribution in [3.05, 3.63) is 35.4 Å². The van der Waals surface area contributed by atoms with Crippen LogP contribution >= 0.6 is 0 Å². The molecule has 0 unspecified atom stereocenters. The lowest BCUT2D eigenvalue weighted by Gasteiger charge is -2.22. The van der Waals surface area contributed by atoms with E-state index in [1.165, 1.54) is 7.11 Å². The first-order valence-corrected chi connectivity index (χ1v) is 9.67. The Morgan fingerprint density at radius 1 is 1.39 bits per heavy atom. The largest absolute Gasteiger partial charge is 0.474 e. The molecule has 2 aromatic rings. The summed E-state index contributed by atoms with van der Waals surface area (Å²) in [5.41, 5.74) is 8.54. The van der Waals surface area contributed by atoms with E-state index in [4.69, 9.17) is 25.3 Å². The highest BCUT2D eigenvalue weighted by molar-refractivity contribution is 6.00. The fourth-order valence-corrected chi connectivity index (χ4v) is 2.31. The third-order valence-corrected chi connectivity index (χ3v) is 4.40. The smallest absolute Gasteiger partial charge is 0.284 e. The Labute approximate surface area is 180 Å². The van der Waals surface area contributed by atoms with E-state index in [-0.39, 0.29) is 36.3 Å². The summed E-state index contributed by atoms with van der Waals surface area (Å²) in [6, 6.07) is 8.66. The Hall–Kier alpha value is -3.26. The van der Waals surface area contributed by atoms with Crippen LogP contribution in [0.25, 0.3) is 11.4 Å². The summed E-state index contributed by atoms with van der Waals surface area (Å²) in [6.07, 6.45) is -0.301. The van der Waals surface area contributed by atoms with Crippen molar-refractivity contribution in [2.75, 3.05) is 26.1 Å². The standard InChI is InChI=1S/C21H27N5O5/c1-5-15(27)11-30-20-16(19(28)26-31-12-21(2,3)29-4)17(23)24-18(25-20)14-8-6-7-13(9-14)10-22/h6-9,15,27H,5,11-12H2,1-4H3,(H,26,28)(H2,23,24,25)/t15-/m1/s1. The van der Waals surface area contributed by atoms with Gasteiger partial charge >= 0.3 is 0 Å². The van der Waals surface area contributed by atoms with Gasteiger partial charge < -0.3 is 20.3 Å². The molecule has 0 aliphatic heterocycles. The molecule has 10 heteroatoms. The maximum Gasteiger partial charge on any atom is 0.284 e. The molecule has 0 spiro atoms. The third kappa shape index (κ3) is 6.62. The van der Waals surface area contributed by atoms with Crippen molar-refractivity contribution in [2.24, 2.45) is 0 Å². The van der Waals surface area contributed by atoms with E-state index in [0.29, 0.717) is 17.5 Å². The Balaban J connectivity index is 2.36. The van der Waals surface area contributed by atoms with Gasteiger partial charge in [-0.2, -0.15) is 10.2 Å². The second kappa shape index (κ2) is 10.7. The number of nitrogen functional groups attached to an aromatic ring is 1. The molecular formula is C21H27N5O5. The van der Waals surface area contributed by atoms with Crippen LogP contribution in [0.2, 0.25) is 0 Å². The number of rotatable bonds is 10. The molecule has 166 valence electrons. The molecular weight excluding hydrogens is 402 g/mol. The molecule has 0 saturated heterocycles. The van der Waals surface area contributed by atoms with E-state index in [9.17, 15) is 9.90 Å². The number of ether oxygens (including phenoxy) is 2. The number of benzene rings is 1. The van der Waals surface area contributed by atoms with Gasteiger partial charge in [-0.25, -0.2) is 10.5 Å². The topological polar surface area (TPSA) is 153 Å². The fourth-order valence-electron chi connectivity index (χ4n) is 2.31. The fraction of sp³-hybridized carbons (Fsp3) is 0.429. The number of hydrogen-bond acceptors (Lipinski definition) is 9. The first-order chi connectivity index (χ1) is 14.7. The van der Waals surface area contributed by atoms with Crippen LogP contribution in [0.4, 0.5) is 5.82 Å². The Kier molecular flexibility index (Phi) is 8.27. The SMILES string of the molecule is CC[C@@H](O)COc1nc(-c2cccc(C#N)c2)nc(N)c1C(=O)NOCC(C)(C)OC. The van der Waals surface area contributed by atoms with Crippen molar-refractivity contribution in [3.8, 4) is 23.3 Å². The van der Waals surface area contributed by atoms with Gasteiger partial charge in [-0.1, -0.05) is 19.1 Å². The van der Waals surface area contributed by atoms with Gasteiger partial charge in [-0.15, -0.1) is 0 Å². The molecule has 0 fully saturated rings. The van der Waals surface area contributed by atoms with E-state index >= 15 is 0 Å². The minimum absolute atomic E-state index is 0.0831. The van der Waals surface area contributed by atoms with E-state index in [1.807, 2.05) is 6.07 Å². The van der Waals surface area contributed by atoms with Gasteiger partial charge in [0.25, 0.3) is 5.91 Å². The average molecular weight is 429 g/mol. The number of amides is 1. The molecule has 1 aromatic carbocycles. The first kappa shape index (κ1) is 24.0. The summed E-state index contributed by atoms with van der Waals surface area (Å²) >= 11 is 0. The van der Waals surface area contributed by atoms with Crippen LogP contribution in [0.3, 0.4) is 0 Å². The minimum Gasteiger partial charge on any atom is -0.474 e. The molecule has 0 radical (unpaired) electrons. The summed E-state index contributed by atoms with van der Waals surface area (Å²) in [4.78, 5) is 26.4. The lowest BCUT2D eigenvalue weighted by Crippen LogP contribution is -2.35. The normalized spacial score (nSPS) is 12.1. The van der Waals surface area contributed by atoms with Gasteiger partial charge in [-0.05, 0) is 32.4 Å². The number of hydrogen-bond donors (Lipinski definition) is 3. The molecule has 0 bridgehead atoms. The highest BCUT2D eigenvalue weighted by Gasteiger charge is 2.24. The van der Waals surface area contributed by atoms with Gasteiger partial charge in [0.05, 0.1) is 23.3 Å². The average Bonchev–Trinajstić information content (AvgIpc) is 2.76. The summed E-state index contributed by atoms with van der Waals surface area (Å²) in [6.45, 7) is 5.37. The van der Waals surface area contributed by atoms with Crippen molar-refractivity contribution in [3.63, 3.8) is 0 Å². The monoisotopic (exact) mass is 429 g/mol. The van der Waals surface area contributed by atoms with E-state index in [0.717, 1.165) is 0 Å². The number of nitrogens with two attached hydrogens (primary N) is 1. The van der Waals surface area contributed by atoms with Gasteiger partial charge in [0.1, 0.15) is 24.6 Å². The van der Waals surface area contributed by atoms with Crippen LogP contribution < -0.4 is 16.0 Å². The molecule has 2 rings (SSSR count). The minimum atomic E-state index is -0.754. The Morgan fingerprint density at radius 2 is 2.13 bits per heavy atom. The zero-order valence-electron chi connectivity index (χ0n) is 18.0. The molecule has 0 saturated carbocycles. The number of aliphatic hydroxyl groups is 1.